The van der Waals surface area contributed by atoms with E-state index in [-0.39, 0.29) is 0 Å². The molecular formula is C19H35N5OS. The number of thiazole rings is 1. The number of aryl methyl sites for hydroxylation is 1. The molecule has 0 saturated carbocycles. The number of morpholine rings is 1. The van der Waals surface area contributed by atoms with Gasteiger partial charge in [0.15, 0.2) is 5.96 Å². The minimum atomic E-state index is 0.482. The van der Waals surface area contributed by atoms with Gasteiger partial charge in [-0.3, -0.25) is 9.89 Å². The predicted molar refractivity (Wildman–Crippen MR) is 110 cm³/mol. The molecular weight excluding hydrogens is 346 g/mol. The van der Waals surface area contributed by atoms with Crippen molar-refractivity contribution in [2.75, 3.05) is 45.9 Å². The highest BCUT2D eigenvalue weighted by molar-refractivity contribution is 7.11. The van der Waals surface area contributed by atoms with Crippen LogP contribution < -0.4 is 10.6 Å². The molecule has 2 rings (SSSR count). The van der Waals surface area contributed by atoms with Crippen LogP contribution in [-0.2, 0) is 11.2 Å². The van der Waals surface area contributed by atoms with Gasteiger partial charge in [0.05, 0.1) is 24.8 Å². The third-order valence-electron chi connectivity index (χ3n) is 4.41. The third kappa shape index (κ3) is 7.60. The molecule has 6 nitrogen and oxygen atoms in total. The number of aliphatic imine (C=N–C) groups is 1. The Morgan fingerprint density at radius 2 is 2.12 bits per heavy atom. The molecule has 0 bridgehead atoms. The summed E-state index contributed by atoms with van der Waals surface area (Å²) >= 11 is 1.77. The molecule has 26 heavy (non-hydrogen) atoms. The zero-order valence-corrected chi connectivity index (χ0v) is 17.6. The summed E-state index contributed by atoms with van der Waals surface area (Å²) in [5, 5.41) is 7.99. The normalized spacial score (nSPS) is 17.5. The molecule has 0 aromatic carbocycles. The van der Waals surface area contributed by atoms with E-state index in [0.29, 0.717) is 12.0 Å². The number of rotatable bonds is 9. The summed E-state index contributed by atoms with van der Waals surface area (Å²) in [6.45, 7) is 15.0. The van der Waals surface area contributed by atoms with E-state index in [9.17, 15) is 0 Å². The van der Waals surface area contributed by atoms with Gasteiger partial charge < -0.3 is 15.4 Å². The van der Waals surface area contributed by atoms with Crippen LogP contribution in [0.5, 0.6) is 0 Å². The van der Waals surface area contributed by atoms with E-state index in [1.54, 1.807) is 11.3 Å². The molecule has 2 N–H and O–H groups in total. The van der Waals surface area contributed by atoms with Crippen molar-refractivity contribution in [2.24, 2.45) is 10.9 Å². The Bertz CT molecular complexity index is 540. The first-order valence-electron chi connectivity index (χ1n) is 9.83. The van der Waals surface area contributed by atoms with Crippen molar-refractivity contribution in [3.63, 3.8) is 0 Å². The van der Waals surface area contributed by atoms with Crippen LogP contribution in [0, 0.1) is 12.8 Å². The van der Waals surface area contributed by atoms with E-state index in [4.69, 9.17) is 9.73 Å². The Morgan fingerprint density at radius 3 is 2.73 bits per heavy atom. The molecule has 1 aliphatic rings. The number of hydrogen-bond donors (Lipinski definition) is 2. The maximum Gasteiger partial charge on any atom is 0.191 e. The first kappa shape index (κ1) is 21.1. The Labute approximate surface area is 162 Å². The lowest BCUT2D eigenvalue weighted by molar-refractivity contribution is 0.0143. The molecule has 1 aliphatic heterocycles. The minimum Gasteiger partial charge on any atom is -0.379 e. The molecule has 1 saturated heterocycles. The quantitative estimate of drug-likeness (QED) is 0.508. The number of aromatic nitrogens is 1. The summed E-state index contributed by atoms with van der Waals surface area (Å²) in [5.41, 5.74) is 0. The van der Waals surface area contributed by atoms with Crippen LogP contribution in [0.15, 0.2) is 11.2 Å². The standard InChI is InChI=1S/C19H35N5OS/c1-5-20-19(21-7-6-18-22-13-16(4)26-18)23-14-17(12-15(2)3)24-8-10-25-11-9-24/h13,15,17H,5-12,14H2,1-4H3,(H2,20,21,23). The third-order valence-corrected chi connectivity index (χ3v) is 5.38. The van der Waals surface area contributed by atoms with Gasteiger partial charge in [-0.2, -0.15) is 0 Å². The second-order valence-corrected chi connectivity index (χ2v) is 8.51. The van der Waals surface area contributed by atoms with Gasteiger partial charge in [0.2, 0.25) is 0 Å². The van der Waals surface area contributed by atoms with Gasteiger partial charge in [-0.15, -0.1) is 11.3 Å². The van der Waals surface area contributed by atoms with E-state index in [1.807, 2.05) is 6.20 Å². The van der Waals surface area contributed by atoms with Crippen LogP contribution >= 0.6 is 11.3 Å². The van der Waals surface area contributed by atoms with Gasteiger partial charge in [-0.25, -0.2) is 4.98 Å². The maximum atomic E-state index is 5.51. The molecule has 7 heteroatoms. The SMILES string of the molecule is CCNC(=NCC(CC(C)C)N1CCOCC1)NCCc1ncc(C)s1. The average molecular weight is 382 g/mol. The second kappa shape index (κ2) is 11.5. The van der Waals surface area contributed by atoms with Crippen molar-refractivity contribution < 1.29 is 4.74 Å². The number of ether oxygens (including phenoxy) is 1. The highest BCUT2D eigenvalue weighted by Gasteiger charge is 2.21. The van der Waals surface area contributed by atoms with Gasteiger partial charge >= 0.3 is 0 Å². The number of nitrogens with one attached hydrogen (secondary N) is 2. The maximum absolute atomic E-state index is 5.51. The Kier molecular flexibility index (Phi) is 9.36. The molecule has 0 spiro atoms. The van der Waals surface area contributed by atoms with E-state index in [0.717, 1.165) is 58.3 Å². The van der Waals surface area contributed by atoms with Crippen LogP contribution in [-0.4, -0.2) is 67.8 Å². The lowest BCUT2D eigenvalue weighted by Crippen LogP contribution is -2.46. The molecule has 1 atom stereocenters. The van der Waals surface area contributed by atoms with E-state index in [2.05, 4.69) is 48.2 Å². The minimum absolute atomic E-state index is 0.482. The summed E-state index contributed by atoms with van der Waals surface area (Å²) in [6.07, 6.45) is 4.04. The molecule has 1 fully saturated rings. The summed E-state index contributed by atoms with van der Waals surface area (Å²) in [5.74, 6) is 1.57. The van der Waals surface area contributed by atoms with Gasteiger partial charge in [0, 0.05) is 49.7 Å². The molecule has 148 valence electrons. The van der Waals surface area contributed by atoms with Crippen molar-refractivity contribution in [3.05, 3.63) is 16.1 Å². The molecule has 1 aromatic heterocycles. The molecule has 0 amide bonds. The van der Waals surface area contributed by atoms with E-state index >= 15 is 0 Å². The average Bonchev–Trinajstić information content (AvgIpc) is 3.04. The van der Waals surface area contributed by atoms with Crippen LogP contribution in [0.1, 0.15) is 37.1 Å². The first-order valence-corrected chi connectivity index (χ1v) is 10.7. The zero-order chi connectivity index (χ0) is 18.8. The smallest absolute Gasteiger partial charge is 0.191 e. The number of guanidine groups is 1. The van der Waals surface area contributed by atoms with Crippen molar-refractivity contribution in [3.8, 4) is 0 Å². The lowest BCUT2D eigenvalue weighted by atomic mass is 10.0. The Morgan fingerprint density at radius 1 is 1.35 bits per heavy atom. The van der Waals surface area contributed by atoms with Crippen LogP contribution in [0.25, 0.3) is 0 Å². The van der Waals surface area contributed by atoms with Crippen molar-refractivity contribution in [1.29, 1.82) is 0 Å². The van der Waals surface area contributed by atoms with Gasteiger partial charge in [0.1, 0.15) is 0 Å². The molecule has 1 unspecified atom stereocenters. The fourth-order valence-electron chi connectivity index (χ4n) is 3.17. The largest absolute Gasteiger partial charge is 0.379 e. The summed E-state index contributed by atoms with van der Waals surface area (Å²) < 4.78 is 5.51. The molecule has 0 aliphatic carbocycles. The van der Waals surface area contributed by atoms with Crippen molar-refractivity contribution in [1.82, 2.24) is 20.5 Å². The zero-order valence-electron chi connectivity index (χ0n) is 16.8. The van der Waals surface area contributed by atoms with Crippen LogP contribution in [0.3, 0.4) is 0 Å². The summed E-state index contributed by atoms with van der Waals surface area (Å²) in [7, 11) is 0. The number of hydrogen-bond acceptors (Lipinski definition) is 5. The highest BCUT2D eigenvalue weighted by atomic mass is 32.1. The van der Waals surface area contributed by atoms with Gasteiger partial charge in [-0.05, 0) is 26.2 Å². The summed E-state index contributed by atoms with van der Waals surface area (Å²) in [6, 6.07) is 0.482. The van der Waals surface area contributed by atoms with E-state index in [1.165, 1.54) is 16.3 Å². The van der Waals surface area contributed by atoms with Crippen LogP contribution in [0.2, 0.25) is 0 Å². The summed E-state index contributed by atoms with van der Waals surface area (Å²) in [4.78, 5) is 13.1. The van der Waals surface area contributed by atoms with Crippen molar-refractivity contribution in [2.45, 2.75) is 46.6 Å². The first-order chi connectivity index (χ1) is 12.6. The topological polar surface area (TPSA) is 61.8 Å². The van der Waals surface area contributed by atoms with Crippen molar-refractivity contribution >= 4 is 17.3 Å². The highest BCUT2D eigenvalue weighted by Crippen LogP contribution is 2.14. The molecule has 1 aromatic rings. The monoisotopic (exact) mass is 381 g/mol. The Balaban J connectivity index is 1.88. The van der Waals surface area contributed by atoms with E-state index < -0.39 is 0 Å². The molecule has 2 heterocycles. The predicted octanol–water partition coefficient (Wildman–Crippen LogP) is 2.30. The number of nitrogens with zero attached hydrogens (tertiary/aromatic N) is 3. The second-order valence-electron chi connectivity index (χ2n) is 7.19. The molecule has 0 radical (unpaired) electrons. The lowest BCUT2D eigenvalue weighted by Gasteiger charge is -2.34. The fraction of sp³-hybridized carbons (Fsp3) is 0.789. The Hall–Kier alpha value is -1.18. The van der Waals surface area contributed by atoms with Crippen LogP contribution in [0.4, 0.5) is 0 Å². The fourth-order valence-corrected chi connectivity index (χ4v) is 3.96. The van der Waals surface area contributed by atoms with Gasteiger partial charge in [-0.1, -0.05) is 13.8 Å². The van der Waals surface area contributed by atoms with Gasteiger partial charge in [0.25, 0.3) is 0 Å².